The predicted octanol–water partition coefficient (Wildman–Crippen LogP) is 4.58. The first-order valence-electron chi connectivity index (χ1n) is 7.85. The minimum Gasteiger partial charge on any atom is -0.478 e. The number of benzene rings is 3. The van der Waals surface area contributed by atoms with Gasteiger partial charge in [0.2, 0.25) is 5.91 Å². The Labute approximate surface area is 145 Å². The highest BCUT2D eigenvalue weighted by Gasteiger charge is 2.11. The molecule has 0 spiro atoms. The summed E-state index contributed by atoms with van der Waals surface area (Å²) >= 11 is 0. The molecular weight excluding hydrogens is 314 g/mol. The van der Waals surface area contributed by atoms with Crippen LogP contribution in [0.1, 0.15) is 22.8 Å². The maximum absolute atomic E-state index is 12.3. The summed E-state index contributed by atoms with van der Waals surface area (Å²) < 4.78 is 0. The predicted molar refractivity (Wildman–Crippen MR) is 99.6 cm³/mol. The van der Waals surface area contributed by atoms with Crippen LogP contribution in [0.2, 0.25) is 0 Å². The van der Waals surface area contributed by atoms with Gasteiger partial charge in [0, 0.05) is 6.08 Å². The standard InChI is InChI=1S/C21H17NO3/c1-14(16-11-10-15-6-2-3-7-17(15)13-16)12-20(23)22-19-9-5-4-8-18(19)21(24)25/h2-13H,1H3,(H,22,23)(H,24,25)/b14-12-. The normalized spacial score (nSPS) is 11.3. The number of allylic oxidation sites excluding steroid dienone is 1. The van der Waals surface area contributed by atoms with E-state index in [1.54, 1.807) is 18.2 Å². The van der Waals surface area contributed by atoms with Gasteiger partial charge in [0.05, 0.1) is 11.3 Å². The summed E-state index contributed by atoms with van der Waals surface area (Å²) in [6.07, 6.45) is 1.47. The number of anilines is 1. The van der Waals surface area contributed by atoms with Gasteiger partial charge in [-0.2, -0.15) is 0 Å². The third-order valence-electron chi connectivity index (χ3n) is 3.97. The molecule has 0 radical (unpaired) electrons. The van der Waals surface area contributed by atoms with Crippen LogP contribution >= 0.6 is 0 Å². The monoisotopic (exact) mass is 331 g/mol. The first-order chi connectivity index (χ1) is 12.0. The number of nitrogens with one attached hydrogen (secondary N) is 1. The van der Waals surface area contributed by atoms with Gasteiger partial charge in [-0.15, -0.1) is 0 Å². The Bertz CT molecular complexity index is 989. The lowest BCUT2D eigenvalue weighted by atomic mass is 10.0. The van der Waals surface area contributed by atoms with Crippen LogP contribution in [0.4, 0.5) is 5.69 Å². The Kier molecular flexibility index (Phi) is 4.61. The number of hydrogen-bond acceptors (Lipinski definition) is 2. The summed E-state index contributed by atoms with van der Waals surface area (Å²) in [4.78, 5) is 23.5. The molecule has 0 aliphatic rings. The zero-order valence-electron chi connectivity index (χ0n) is 13.7. The Hall–Kier alpha value is -3.40. The van der Waals surface area contributed by atoms with Gasteiger partial charge in [0.15, 0.2) is 0 Å². The van der Waals surface area contributed by atoms with Gasteiger partial charge in [-0.25, -0.2) is 4.79 Å². The zero-order chi connectivity index (χ0) is 17.8. The number of carbonyl (C=O) groups is 2. The summed E-state index contributed by atoms with van der Waals surface area (Å²) in [6.45, 7) is 1.85. The first-order valence-corrected chi connectivity index (χ1v) is 7.85. The Morgan fingerprint density at radius 3 is 2.36 bits per heavy atom. The van der Waals surface area contributed by atoms with Crippen molar-refractivity contribution in [1.29, 1.82) is 0 Å². The largest absolute Gasteiger partial charge is 0.478 e. The van der Waals surface area contributed by atoms with Gasteiger partial charge in [-0.05, 0) is 47.0 Å². The molecule has 0 atom stereocenters. The molecule has 4 heteroatoms. The summed E-state index contributed by atoms with van der Waals surface area (Å²) in [5.41, 5.74) is 2.09. The average Bonchev–Trinajstić information content (AvgIpc) is 2.61. The minimum absolute atomic E-state index is 0.0626. The Morgan fingerprint density at radius 1 is 0.920 bits per heavy atom. The van der Waals surface area contributed by atoms with Crippen molar-refractivity contribution in [1.82, 2.24) is 0 Å². The molecule has 3 rings (SSSR count). The molecule has 4 nitrogen and oxygen atoms in total. The highest BCUT2D eigenvalue weighted by molar-refractivity contribution is 6.07. The van der Waals surface area contributed by atoms with Gasteiger partial charge in [0.1, 0.15) is 0 Å². The van der Waals surface area contributed by atoms with Crippen molar-refractivity contribution in [3.05, 3.63) is 83.9 Å². The fourth-order valence-corrected chi connectivity index (χ4v) is 2.66. The highest BCUT2D eigenvalue weighted by atomic mass is 16.4. The van der Waals surface area contributed by atoms with Gasteiger partial charge >= 0.3 is 5.97 Å². The molecule has 0 aromatic heterocycles. The average molecular weight is 331 g/mol. The van der Waals surface area contributed by atoms with Crippen molar-refractivity contribution >= 4 is 33.9 Å². The van der Waals surface area contributed by atoms with E-state index in [2.05, 4.69) is 5.32 Å². The molecule has 3 aromatic carbocycles. The number of carbonyl (C=O) groups excluding carboxylic acids is 1. The number of amides is 1. The van der Waals surface area contributed by atoms with E-state index < -0.39 is 5.97 Å². The van der Waals surface area contributed by atoms with Crippen molar-refractivity contribution in [3.63, 3.8) is 0 Å². The second kappa shape index (κ2) is 7.01. The fraction of sp³-hybridized carbons (Fsp3) is 0.0476. The molecule has 0 fully saturated rings. The van der Waals surface area contributed by atoms with Crippen LogP contribution in [0.25, 0.3) is 16.3 Å². The van der Waals surface area contributed by atoms with Crippen LogP contribution in [0.3, 0.4) is 0 Å². The minimum atomic E-state index is -1.08. The maximum atomic E-state index is 12.3. The third-order valence-corrected chi connectivity index (χ3v) is 3.97. The molecule has 0 saturated carbocycles. The molecule has 0 aliphatic heterocycles. The second-order valence-corrected chi connectivity index (χ2v) is 5.73. The summed E-state index contributed by atoms with van der Waals surface area (Å²) in [7, 11) is 0. The molecular formula is C21H17NO3. The number of hydrogen-bond donors (Lipinski definition) is 2. The molecule has 0 aliphatic carbocycles. The van der Waals surface area contributed by atoms with Crippen molar-refractivity contribution in [2.75, 3.05) is 5.32 Å². The quantitative estimate of drug-likeness (QED) is 0.688. The van der Waals surface area contributed by atoms with Crippen molar-refractivity contribution in [2.45, 2.75) is 6.92 Å². The van der Waals surface area contributed by atoms with Crippen LogP contribution in [0, 0.1) is 0 Å². The summed E-state index contributed by atoms with van der Waals surface area (Å²) in [5, 5.41) is 14.0. The fourth-order valence-electron chi connectivity index (χ4n) is 2.66. The van der Waals surface area contributed by atoms with Crippen molar-refractivity contribution in [3.8, 4) is 0 Å². The van der Waals surface area contributed by atoms with Gasteiger partial charge in [0.25, 0.3) is 0 Å². The molecule has 0 unspecified atom stereocenters. The number of fused-ring (bicyclic) bond motifs is 1. The first kappa shape index (κ1) is 16.5. The number of carboxylic acids is 1. The van der Waals surface area contributed by atoms with E-state index in [1.165, 1.54) is 12.1 Å². The molecule has 1 amide bonds. The lowest BCUT2D eigenvalue weighted by molar-refractivity contribution is -0.111. The summed E-state index contributed by atoms with van der Waals surface area (Å²) in [6, 6.07) is 20.4. The zero-order valence-corrected chi connectivity index (χ0v) is 13.7. The molecule has 0 bridgehead atoms. The van der Waals surface area contributed by atoms with E-state index >= 15 is 0 Å². The Morgan fingerprint density at radius 2 is 1.60 bits per heavy atom. The van der Waals surface area contributed by atoms with Gasteiger partial charge < -0.3 is 10.4 Å². The van der Waals surface area contributed by atoms with Crippen LogP contribution in [0.15, 0.2) is 72.8 Å². The molecule has 0 heterocycles. The van der Waals surface area contributed by atoms with E-state index in [4.69, 9.17) is 0 Å². The maximum Gasteiger partial charge on any atom is 0.337 e. The van der Waals surface area contributed by atoms with E-state index in [1.807, 2.05) is 49.4 Å². The van der Waals surface area contributed by atoms with Crippen LogP contribution < -0.4 is 5.32 Å². The van der Waals surface area contributed by atoms with Gasteiger partial charge in [-0.1, -0.05) is 48.5 Å². The Balaban J connectivity index is 1.84. The highest BCUT2D eigenvalue weighted by Crippen LogP contribution is 2.21. The van der Waals surface area contributed by atoms with Crippen molar-refractivity contribution < 1.29 is 14.7 Å². The van der Waals surface area contributed by atoms with E-state index in [0.717, 1.165) is 21.9 Å². The van der Waals surface area contributed by atoms with Gasteiger partial charge in [-0.3, -0.25) is 4.79 Å². The van der Waals surface area contributed by atoms with E-state index in [-0.39, 0.29) is 17.2 Å². The number of para-hydroxylation sites is 1. The van der Waals surface area contributed by atoms with Crippen LogP contribution in [0.5, 0.6) is 0 Å². The second-order valence-electron chi connectivity index (χ2n) is 5.73. The van der Waals surface area contributed by atoms with Crippen LogP contribution in [-0.4, -0.2) is 17.0 Å². The van der Waals surface area contributed by atoms with Crippen molar-refractivity contribution in [2.24, 2.45) is 0 Å². The number of aromatic carboxylic acids is 1. The molecule has 25 heavy (non-hydrogen) atoms. The topological polar surface area (TPSA) is 66.4 Å². The molecule has 3 aromatic rings. The smallest absolute Gasteiger partial charge is 0.337 e. The van der Waals surface area contributed by atoms with E-state index in [9.17, 15) is 14.7 Å². The number of rotatable bonds is 4. The SMILES string of the molecule is C/C(=C/C(=O)Nc1ccccc1C(=O)O)c1ccc2ccccc2c1. The lowest BCUT2D eigenvalue weighted by Gasteiger charge is -2.08. The number of carboxylic acid groups (broad SMARTS) is 1. The molecule has 2 N–H and O–H groups in total. The summed E-state index contributed by atoms with van der Waals surface area (Å²) in [5.74, 6) is -1.44. The van der Waals surface area contributed by atoms with Crippen LogP contribution in [-0.2, 0) is 4.79 Å². The lowest BCUT2D eigenvalue weighted by Crippen LogP contribution is -2.12. The molecule has 0 saturated heterocycles. The van der Waals surface area contributed by atoms with E-state index in [0.29, 0.717) is 0 Å². The molecule has 124 valence electrons. The third kappa shape index (κ3) is 3.75.